The summed E-state index contributed by atoms with van der Waals surface area (Å²) in [5, 5.41) is 4.22. The summed E-state index contributed by atoms with van der Waals surface area (Å²) in [5.41, 5.74) is 0. The fraction of sp³-hybridized carbons (Fsp3) is 0.812. The third-order valence-corrected chi connectivity index (χ3v) is 4.57. The first kappa shape index (κ1) is 16.0. The average Bonchev–Trinajstić information content (AvgIpc) is 3.05. The zero-order valence-corrected chi connectivity index (χ0v) is 13.4. The van der Waals surface area contributed by atoms with Crippen LogP contribution in [0.15, 0.2) is 12.7 Å². The van der Waals surface area contributed by atoms with E-state index in [2.05, 4.69) is 23.9 Å². The molecule has 5 nitrogen and oxygen atoms in total. The minimum absolute atomic E-state index is 0.293. The molecule has 1 amide bonds. The van der Waals surface area contributed by atoms with E-state index < -0.39 is 0 Å². The summed E-state index contributed by atoms with van der Waals surface area (Å²) in [6.45, 7) is 6.09. The van der Waals surface area contributed by atoms with E-state index in [0.717, 1.165) is 32.4 Å². The Bertz CT molecular complexity index is 418. The van der Waals surface area contributed by atoms with Crippen LogP contribution in [-0.2, 0) is 4.79 Å². The molecule has 1 fully saturated rings. The van der Waals surface area contributed by atoms with E-state index in [1.54, 1.807) is 12.7 Å². The maximum atomic E-state index is 12.5. The van der Waals surface area contributed by atoms with Crippen LogP contribution in [0.1, 0.15) is 64.8 Å². The Balaban J connectivity index is 1.86. The number of unbranched alkanes of at least 4 members (excludes halogenated alkanes) is 1. The zero-order chi connectivity index (χ0) is 15.1. The number of hydrogen-bond donors (Lipinski definition) is 0. The topological polar surface area (TPSA) is 51.0 Å². The molecule has 0 unspecified atom stereocenters. The molecule has 1 aliphatic heterocycles. The Kier molecular flexibility index (Phi) is 6.21. The number of carbonyl (C=O) groups excluding carboxylic acids is 1. The first-order valence-electron chi connectivity index (χ1n) is 8.36. The van der Waals surface area contributed by atoms with E-state index in [0.29, 0.717) is 24.3 Å². The molecule has 1 saturated heterocycles. The van der Waals surface area contributed by atoms with Gasteiger partial charge in [0.15, 0.2) is 0 Å². The van der Waals surface area contributed by atoms with Gasteiger partial charge in [-0.2, -0.15) is 5.10 Å². The maximum Gasteiger partial charge on any atom is 0.222 e. The lowest BCUT2D eigenvalue weighted by Crippen LogP contribution is -2.41. The number of rotatable bonds is 7. The van der Waals surface area contributed by atoms with E-state index >= 15 is 0 Å². The van der Waals surface area contributed by atoms with E-state index in [-0.39, 0.29) is 0 Å². The van der Waals surface area contributed by atoms with Crippen LogP contribution in [0.3, 0.4) is 0 Å². The standard InChI is InChI=1S/C16H28N4O/c1-3-5-7-14(4-2)10-16(21)19-9-6-8-15(11-19)20-13-17-12-18-20/h12-15H,3-11H2,1-2H3/t14-,15-/m0/s1. The van der Waals surface area contributed by atoms with Crippen LogP contribution in [0.5, 0.6) is 0 Å². The van der Waals surface area contributed by atoms with Gasteiger partial charge in [0, 0.05) is 19.5 Å². The van der Waals surface area contributed by atoms with Crippen LogP contribution in [0.2, 0.25) is 0 Å². The van der Waals surface area contributed by atoms with Crippen molar-refractivity contribution in [1.29, 1.82) is 0 Å². The van der Waals surface area contributed by atoms with E-state index in [4.69, 9.17) is 0 Å². The molecule has 5 heteroatoms. The van der Waals surface area contributed by atoms with E-state index in [9.17, 15) is 4.79 Å². The van der Waals surface area contributed by atoms with Crippen molar-refractivity contribution in [2.75, 3.05) is 13.1 Å². The molecule has 2 atom stereocenters. The molecule has 0 aromatic carbocycles. The van der Waals surface area contributed by atoms with Crippen molar-refractivity contribution < 1.29 is 4.79 Å². The molecule has 118 valence electrons. The predicted molar refractivity (Wildman–Crippen MR) is 82.8 cm³/mol. The molecule has 0 N–H and O–H groups in total. The van der Waals surface area contributed by atoms with Gasteiger partial charge < -0.3 is 4.90 Å². The normalized spacial score (nSPS) is 20.5. The zero-order valence-electron chi connectivity index (χ0n) is 13.4. The van der Waals surface area contributed by atoms with Crippen molar-refractivity contribution >= 4 is 5.91 Å². The second-order valence-corrected chi connectivity index (χ2v) is 6.13. The Morgan fingerprint density at radius 2 is 2.29 bits per heavy atom. The summed E-state index contributed by atoms with van der Waals surface area (Å²) in [6, 6.07) is 0.293. The van der Waals surface area contributed by atoms with Crippen LogP contribution in [0.4, 0.5) is 0 Å². The number of carbonyl (C=O) groups is 1. The number of amides is 1. The van der Waals surface area contributed by atoms with E-state index in [1.807, 2.05) is 9.58 Å². The average molecular weight is 292 g/mol. The van der Waals surface area contributed by atoms with Gasteiger partial charge >= 0.3 is 0 Å². The summed E-state index contributed by atoms with van der Waals surface area (Å²) in [7, 11) is 0. The van der Waals surface area contributed by atoms with Gasteiger partial charge in [0.05, 0.1) is 6.04 Å². The molecule has 1 aromatic rings. The molecule has 2 heterocycles. The highest BCUT2D eigenvalue weighted by molar-refractivity contribution is 5.76. The molecule has 2 rings (SSSR count). The third-order valence-electron chi connectivity index (χ3n) is 4.57. The largest absolute Gasteiger partial charge is 0.341 e. The smallest absolute Gasteiger partial charge is 0.222 e. The third kappa shape index (κ3) is 4.55. The number of aromatic nitrogens is 3. The molecule has 0 aliphatic carbocycles. The van der Waals surface area contributed by atoms with Gasteiger partial charge in [-0.3, -0.25) is 4.79 Å². The summed E-state index contributed by atoms with van der Waals surface area (Å²) in [5.74, 6) is 0.868. The minimum atomic E-state index is 0.293. The van der Waals surface area contributed by atoms with Crippen molar-refractivity contribution in [3.63, 3.8) is 0 Å². The van der Waals surface area contributed by atoms with Gasteiger partial charge in [-0.15, -0.1) is 0 Å². The van der Waals surface area contributed by atoms with Gasteiger partial charge in [0.2, 0.25) is 5.91 Å². The monoisotopic (exact) mass is 292 g/mol. The Labute approximate surface area is 127 Å². The van der Waals surface area contributed by atoms with Gasteiger partial charge in [-0.1, -0.05) is 33.1 Å². The Morgan fingerprint density at radius 1 is 1.43 bits per heavy atom. The van der Waals surface area contributed by atoms with Crippen LogP contribution in [0.25, 0.3) is 0 Å². The van der Waals surface area contributed by atoms with Gasteiger partial charge in [0.25, 0.3) is 0 Å². The molecule has 1 aliphatic rings. The number of piperidine rings is 1. The molecular formula is C16H28N4O. The van der Waals surface area contributed by atoms with Crippen LogP contribution < -0.4 is 0 Å². The second kappa shape index (κ2) is 8.15. The Morgan fingerprint density at radius 3 is 2.95 bits per heavy atom. The Hall–Kier alpha value is -1.39. The lowest BCUT2D eigenvalue weighted by atomic mass is 9.94. The van der Waals surface area contributed by atoms with Gasteiger partial charge in [-0.25, -0.2) is 9.67 Å². The highest BCUT2D eigenvalue weighted by Crippen LogP contribution is 2.23. The molecule has 1 aromatic heterocycles. The SMILES string of the molecule is CCCC[C@H](CC)CC(=O)N1CCC[C@H](n2cncn2)C1. The van der Waals surface area contributed by atoms with Gasteiger partial charge in [-0.05, 0) is 25.2 Å². The lowest BCUT2D eigenvalue weighted by molar-refractivity contribution is -0.134. The molecule has 0 radical (unpaired) electrons. The molecule has 0 spiro atoms. The molecule has 21 heavy (non-hydrogen) atoms. The van der Waals surface area contributed by atoms with Crippen molar-refractivity contribution in [2.24, 2.45) is 5.92 Å². The van der Waals surface area contributed by atoms with Crippen LogP contribution in [-0.4, -0.2) is 38.7 Å². The number of nitrogens with zero attached hydrogens (tertiary/aromatic N) is 4. The van der Waals surface area contributed by atoms with E-state index in [1.165, 1.54) is 19.3 Å². The van der Waals surface area contributed by atoms with Crippen molar-refractivity contribution in [2.45, 2.75) is 64.8 Å². The van der Waals surface area contributed by atoms with Crippen molar-refractivity contribution in [1.82, 2.24) is 19.7 Å². The van der Waals surface area contributed by atoms with Gasteiger partial charge in [0.1, 0.15) is 12.7 Å². The first-order valence-corrected chi connectivity index (χ1v) is 8.36. The highest BCUT2D eigenvalue weighted by atomic mass is 16.2. The number of hydrogen-bond acceptors (Lipinski definition) is 3. The predicted octanol–water partition coefficient (Wildman–Crippen LogP) is 3.05. The fourth-order valence-corrected chi connectivity index (χ4v) is 3.12. The van der Waals surface area contributed by atoms with Crippen molar-refractivity contribution in [3.05, 3.63) is 12.7 Å². The van der Waals surface area contributed by atoms with Crippen LogP contribution in [0, 0.1) is 5.92 Å². The molecule has 0 bridgehead atoms. The fourth-order valence-electron chi connectivity index (χ4n) is 3.12. The summed E-state index contributed by atoms with van der Waals surface area (Å²) in [4.78, 5) is 18.6. The lowest BCUT2D eigenvalue weighted by Gasteiger charge is -2.33. The quantitative estimate of drug-likeness (QED) is 0.776. The summed E-state index contributed by atoms with van der Waals surface area (Å²) in [6.07, 6.45) is 10.9. The minimum Gasteiger partial charge on any atom is -0.341 e. The second-order valence-electron chi connectivity index (χ2n) is 6.13. The summed E-state index contributed by atoms with van der Waals surface area (Å²) < 4.78 is 1.90. The summed E-state index contributed by atoms with van der Waals surface area (Å²) >= 11 is 0. The maximum absolute atomic E-state index is 12.5. The number of likely N-dealkylation sites (tertiary alicyclic amines) is 1. The van der Waals surface area contributed by atoms with Crippen molar-refractivity contribution in [3.8, 4) is 0 Å². The highest BCUT2D eigenvalue weighted by Gasteiger charge is 2.26. The first-order chi connectivity index (χ1) is 10.2. The molecule has 0 saturated carbocycles. The molecular weight excluding hydrogens is 264 g/mol. The van der Waals surface area contributed by atoms with Crippen LogP contribution >= 0.6 is 0 Å².